The van der Waals surface area contributed by atoms with Gasteiger partial charge in [-0.3, -0.25) is 0 Å². The number of hydrogen-bond acceptors (Lipinski definition) is 8. The van der Waals surface area contributed by atoms with E-state index in [0.29, 0.717) is 29.2 Å². The molecule has 4 aromatic carbocycles. The van der Waals surface area contributed by atoms with Crippen LogP contribution in [0.15, 0.2) is 89.8 Å². The maximum Gasteiger partial charge on any atom is 0.244 e. The molecule has 0 aliphatic heterocycles. The van der Waals surface area contributed by atoms with Gasteiger partial charge in [-0.15, -0.1) is 10.2 Å². The lowest BCUT2D eigenvalue weighted by Gasteiger charge is -2.25. The highest BCUT2D eigenvalue weighted by molar-refractivity contribution is 7.89. The van der Waals surface area contributed by atoms with Crippen LogP contribution in [-0.4, -0.2) is 54.3 Å². The minimum Gasteiger partial charge on any atom is -0.497 e. The minimum atomic E-state index is -4.08. The largest absolute Gasteiger partial charge is 0.497 e. The van der Waals surface area contributed by atoms with Gasteiger partial charge in [0.05, 0.1) is 32.8 Å². The van der Waals surface area contributed by atoms with E-state index in [1.807, 2.05) is 91.9 Å². The zero-order valence-electron chi connectivity index (χ0n) is 25.4. The molecule has 1 aromatic heterocycles. The van der Waals surface area contributed by atoms with Crippen molar-refractivity contribution < 1.29 is 22.6 Å². The van der Waals surface area contributed by atoms with Crippen LogP contribution in [0, 0.1) is 13.8 Å². The Hall–Kier alpha value is -4.74. The van der Waals surface area contributed by atoms with Crippen molar-refractivity contribution in [3.05, 3.63) is 113 Å². The number of hydrogen-bond donors (Lipinski definition) is 0. The summed E-state index contributed by atoms with van der Waals surface area (Å²) in [6.07, 6.45) is 0. The highest BCUT2D eigenvalue weighted by Crippen LogP contribution is 2.34. The van der Waals surface area contributed by atoms with Crippen molar-refractivity contribution in [1.82, 2.24) is 24.5 Å². The van der Waals surface area contributed by atoms with Crippen molar-refractivity contribution >= 4 is 10.0 Å². The second-order valence-electron chi connectivity index (χ2n) is 10.4. The van der Waals surface area contributed by atoms with Crippen molar-refractivity contribution in [3.63, 3.8) is 0 Å². The number of tetrazole rings is 1. The molecule has 5 rings (SSSR count). The Morgan fingerprint density at radius 1 is 0.659 bits per heavy atom. The van der Waals surface area contributed by atoms with E-state index in [4.69, 9.17) is 14.2 Å². The van der Waals surface area contributed by atoms with Crippen molar-refractivity contribution in [2.75, 3.05) is 21.3 Å². The van der Waals surface area contributed by atoms with Gasteiger partial charge in [-0.25, -0.2) is 8.42 Å². The van der Waals surface area contributed by atoms with E-state index < -0.39 is 10.0 Å². The summed E-state index contributed by atoms with van der Waals surface area (Å²) in [4.78, 5) is 1.62. The van der Waals surface area contributed by atoms with Gasteiger partial charge in [0.1, 0.15) is 17.2 Å². The van der Waals surface area contributed by atoms with Gasteiger partial charge in [-0.2, -0.15) is 9.10 Å². The molecule has 0 saturated carbocycles. The zero-order valence-corrected chi connectivity index (χ0v) is 26.2. The standard InChI is InChI=1S/C33H35N5O5S/c1-23-6-7-24(2)32(31(23)33-34-36-38(35-33)22-27-12-18-30(43-5)19-13-27)44(39,40)37(20-25-8-14-28(41-3)15-9-25)21-26-10-16-29(42-4)17-11-26/h6-19H,20-22H2,1-5H3. The molecule has 0 N–H and O–H groups in total. The van der Waals surface area contributed by atoms with Crippen LogP contribution in [0.1, 0.15) is 27.8 Å². The summed E-state index contributed by atoms with van der Waals surface area (Å²) in [5.74, 6) is 2.38. The lowest BCUT2D eigenvalue weighted by atomic mass is 10.1. The highest BCUT2D eigenvalue weighted by atomic mass is 32.2. The van der Waals surface area contributed by atoms with Crippen molar-refractivity contribution in [2.24, 2.45) is 0 Å². The van der Waals surface area contributed by atoms with E-state index in [9.17, 15) is 8.42 Å². The third-order valence-electron chi connectivity index (χ3n) is 7.36. The van der Waals surface area contributed by atoms with Gasteiger partial charge in [0, 0.05) is 18.7 Å². The number of methoxy groups -OCH3 is 3. The van der Waals surface area contributed by atoms with Crippen molar-refractivity contribution in [1.29, 1.82) is 0 Å². The SMILES string of the molecule is COc1ccc(CN(Cc2ccc(OC)cc2)S(=O)(=O)c2c(C)ccc(C)c2-c2nnn(Cc3ccc(OC)cc3)n2)cc1. The topological polar surface area (TPSA) is 109 Å². The first-order chi connectivity index (χ1) is 21.2. The average molecular weight is 614 g/mol. The van der Waals surface area contributed by atoms with Crippen LogP contribution in [0.2, 0.25) is 0 Å². The normalized spacial score (nSPS) is 11.5. The van der Waals surface area contributed by atoms with Crippen LogP contribution in [0.3, 0.4) is 0 Å². The molecule has 0 atom stereocenters. The van der Waals surface area contributed by atoms with Gasteiger partial charge >= 0.3 is 0 Å². The first-order valence-corrected chi connectivity index (χ1v) is 15.4. The van der Waals surface area contributed by atoms with Crippen LogP contribution >= 0.6 is 0 Å². The Bertz CT molecular complexity index is 1770. The molecule has 0 fully saturated rings. The molecule has 0 saturated heterocycles. The molecular formula is C33H35N5O5S. The fourth-order valence-electron chi connectivity index (χ4n) is 4.92. The smallest absolute Gasteiger partial charge is 0.244 e. The second-order valence-corrected chi connectivity index (χ2v) is 12.2. The Labute approximate surface area is 257 Å². The maximum absolute atomic E-state index is 14.7. The molecule has 10 nitrogen and oxygen atoms in total. The summed E-state index contributed by atoms with van der Waals surface area (Å²) >= 11 is 0. The van der Waals surface area contributed by atoms with E-state index in [1.165, 1.54) is 9.10 Å². The van der Waals surface area contributed by atoms with Gasteiger partial charge in [0.25, 0.3) is 0 Å². The number of sulfonamides is 1. The predicted octanol–water partition coefficient (Wildman–Crippen LogP) is 5.42. The van der Waals surface area contributed by atoms with E-state index in [2.05, 4.69) is 15.4 Å². The Morgan fingerprint density at radius 3 is 1.59 bits per heavy atom. The fourth-order valence-corrected chi connectivity index (χ4v) is 6.81. The van der Waals surface area contributed by atoms with Gasteiger partial charge in [-0.05, 0) is 83.3 Å². The Balaban J connectivity index is 1.54. The number of benzene rings is 4. The molecule has 0 spiro atoms. The molecule has 5 aromatic rings. The molecule has 0 aliphatic carbocycles. The van der Waals surface area contributed by atoms with Gasteiger partial charge in [0.2, 0.25) is 15.8 Å². The van der Waals surface area contributed by atoms with Gasteiger partial charge in [-0.1, -0.05) is 48.5 Å². The second kappa shape index (κ2) is 13.3. The molecule has 0 bridgehead atoms. The van der Waals surface area contributed by atoms with Crippen LogP contribution in [0.5, 0.6) is 17.2 Å². The van der Waals surface area contributed by atoms with E-state index in [1.54, 1.807) is 28.3 Å². The van der Waals surface area contributed by atoms with Crippen LogP contribution in [0.25, 0.3) is 11.4 Å². The van der Waals surface area contributed by atoms with E-state index >= 15 is 0 Å². The van der Waals surface area contributed by atoms with Gasteiger partial charge in [0.15, 0.2) is 0 Å². The Kier molecular flexibility index (Phi) is 9.26. The molecule has 0 unspecified atom stereocenters. The molecular weight excluding hydrogens is 578 g/mol. The van der Waals surface area contributed by atoms with Crippen molar-refractivity contribution in [2.45, 2.75) is 38.4 Å². The number of nitrogens with zero attached hydrogens (tertiary/aromatic N) is 5. The average Bonchev–Trinajstić information content (AvgIpc) is 3.50. The molecule has 1 heterocycles. The zero-order chi connectivity index (χ0) is 31.3. The van der Waals surface area contributed by atoms with E-state index in [-0.39, 0.29) is 23.8 Å². The maximum atomic E-state index is 14.7. The number of rotatable bonds is 12. The predicted molar refractivity (Wildman–Crippen MR) is 167 cm³/mol. The lowest BCUT2D eigenvalue weighted by Crippen LogP contribution is -2.31. The molecule has 44 heavy (non-hydrogen) atoms. The summed E-state index contributed by atoms with van der Waals surface area (Å²) in [6, 6.07) is 26.0. The number of aryl methyl sites for hydroxylation is 2. The molecule has 0 radical (unpaired) electrons. The van der Waals surface area contributed by atoms with Crippen LogP contribution in [0.4, 0.5) is 0 Å². The van der Waals surface area contributed by atoms with E-state index in [0.717, 1.165) is 28.0 Å². The fraction of sp³-hybridized carbons (Fsp3) is 0.242. The highest BCUT2D eigenvalue weighted by Gasteiger charge is 2.32. The monoisotopic (exact) mass is 613 g/mol. The van der Waals surface area contributed by atoms with Crippen LogP contribution < -0.4 is 14.2 Å². The molecule has 11 heteroatoms. The molecule has 0 aliphatic rings. The Morgan fingerprint density at radius 2 is 1.11 bits per heavy atom. The third kappa shape index (κ3) is 6.74. The summed E-state index contributed by atoms with van der Waals surface area (Å²) in [6.45, 7) is 4.29. The quantitative estimate of drug-likeness (QED) is 0.184. The summed E-state index contributed by atoms with van der Waals surface area (Å²) in [5, 5.41) is 13.2. The van der Waals surface area contributed by atoms with Gasteiger partial charge < -0.3 is 14.2 Å². The number of ether oxygens (including phenoxy) is 3. The van der Waals surface area contributed by atoms with Crippen LogP contribution in [-0.2, 0) is 29.7 Å². The first kappa shape index (κ1) is 30.7. The minimum absolute atomic E-state index is 0.142. The number of aromatic nitrogens is 4. The molecule has 0 amide bonds. The summed E-state index contributed by atoms with van der Waals surface area (Å²) < 4.78 is 46.7. The third-order valence-corrected chi connectivity index (χ3v) is 9.34. The summed E-state index contributed by atoms with van der Waals surface area (Å²) in [7, 11) is 0.730. The molecule has 228 valence electrons. The summed E-state index contributed by atoms with van der Waals surface area (Å²) in [5.41, 5.74) is 4.34. The lowest BCUT2D eigenvalue weighted by molar-refractivity contribution is 0.397. The first-order valence-electron chi connectivity index (χ1n) is 14.0. The van der Waals surface area contributed by atoms with Crippen molar-refractivity contribution in [3.8, 4) is 28.6 Å².